The molecule has 0 aliphatic carbocycles. The summed E-state index contributed by atoms with van der Waals surface area (Å²) in [6, 6.07) is -4.34. The van der Waals surface area contributed by atoms with Gasteiger partial charge in [-0.15, -0.1) is 0 Å². The highest BCUT2D eigenvalue weighted by molar-refractivity contribution is 5.94. The summed E-state index contributed by atoms with van der Waals surface area (Å²) in [5.74, 6) is -4.29. The maximum atomic E-state index is 12.1. The predicted octanol–water partition coefficient (Wildman–Crippen LogP) is -4.60. The molecule has 164 valence electrons. The van der Waals surface area contributed by atoms with Gasteiger partial charge in [0.15, 0.2) is 0 Å². The van der Waals surface area contributed by atoms with Crippen molar-refractivity contribution in [1.29, 1.82) is 0 Å². The monoisotopic (exact) mass is 417 g/mol. The summed E-state index contributed by atoms with van der Waals surface area (Å²) >= 11 is 0. The Kier molecular flexibility index (Phi) is 9.99. The summed E-state index contributed by atoms with van der Waals surface area (Å²) in [5, 5.41) is 39.0. The molecule has 0 saturated carbocycles. The Bertz CT molecular complexity index is 622. The molecule has 1 heterocycles. The Morgan fingerprint density at radius 3 is 2.14 bits per heavy atom. The summed E-state index contributed by atoms with van der Waals surface area (Å²) in [4.78, 5) is 58.5. The van der Waals surface area contributed by atoms with E-state index < -0.39 is 73.5 Å². The fourth-order valence-electron chi connectivity index (χ4n) is 2.48. The number of amides is 4. The summed E-state index contributed by atoms with van der Waals surface area (Å²) in [7, 11) is 0. The molecule has 0 aromatic rings. The van der Waals surface area contributed by atoms with E-state index in [0.717, 1.165) is 6.42 Å². The van der Waals surface area contributed by atoms with E-state index in [2.05, 4.69) is 26.6 Å². The molecule has 0 spiro atoms. The topological polar surface area (TPSA) is 206 Å². The van der Waals surface area contributed by atoms with Gasteiger partial charge < -0.3 is 41.9 Å². The minimum Gasteiger partial charge on any atom is -0.480 e. The van der Waals surface area contributed by atoms with Crippen LogP contribution in [0.2, 0.25) is 0 Å². The van der Waals surface area contributed by atoms with Crippen LogP contribution in [0.1, 0.15) is 19.8 Å². The maximum Gasteiger partial charge on any atom is 0.325 e. The number of nitrogens with one attached hydrogen (secondary N) is 5. The number of carboxylic acids is 1. The first kappa shape index (κ1) is 24.3. The van der Waals surface area contributed by atoms with Crippen LogP contribution in [0.5, 0.6) is 0 Å². The van der Waals surface area contributed by atoms with E-state index in [1.807, 2.05) is 0 Å². The van der Waals surface area contributed by atoms with Gasteiger partial charge >= 0.3 is 5.97 Å². The summed E-state index contributed by atoms with van der Waals surface area (Å²) < 4.78 is 0. The number of aliphatic hydroxyl groups is 2. The largest absolute Gasteiger partial charge is 0.480 e. The smallest absolute Gasteiger partial charge is 0.325 e. The molecule has 1 aliphatic rings. The minimum absolute atomic E-state index is 0.439. The normalized spacial score (nSPS) is 18.8. The zero-order valence-electron chi connectivity index (χ0n) is 15.9. The van der Waals surface area contributed by atoms with Crippen LogP contribution in [0.15, 0.2) is 0 Å². The zero-order chi connectivity index (χ0) is 22.0. The van der Waals surface area contributed by atoms with Crippen LogP contribution in [0, 0.1) is 0 Å². The molecule has 1 saturated heterocycles. The van der Waals surface area contributed by atoms with Crippen LogP contribution in [-0.2, 0) is 24.0 Å². The third kappa shape index (κ3) is 8.01. The number of carbonyl (C=O) groups is 5. The van der Waals surface area contributed by atoms with Gasteiger partial charge in [0.1, 0.15) is 18.1 Å². The second kappa shape index (κ2) is 11.9. The molecule has 4 atom stereocenters. The lowest BCUT2D eigenvalue weighted by Gasteiger charge is -2.20. The highest BCUT2D eigenvalue weighted by Crippen LogP contribution is 2.04. The summed E-state index contributed by atoms with van der Waals surface area (Å²) in [6.07, 6.45) is 1.43. The van der Waals surface area contributed by atoms with Gasteiger partial charge in [-0.3, -0.25) is 24.0 Å². The van der Waals surface area contributed by atoms with E-state index in [0.29, 0.717) is 13.0 Å². The SMILES string of the molecule is C[C@H](NC(=O)[C@@H](CO)NC(=O)CNC(=O)[C@@H](CO)NC(=O)[C@H]1CCCN1)C(=O)O. The Morgan fingerprint density at radius 1 is 1.00 bits per heavy atom. The van der Waals surface area contributed by atoms with Crippen LogP contribution in [-0.4, -0.2) is 95.4 Å². The van der Waals surface area contributed by atoms with Crippen LogP contribution in [0.4, 0.5) is 0 Å². The molecule has 13 heteroatoms. The molecule has 0 aromatic heterocycles. The number of hydrogen-bond donors (Lipinski definition) is 8. The van der Waals surface area contributed by atoms with Crippen molar-refractivity contribution in [2.75, 3.05) is 26.3 Å². The number of aliphatic hydroxyl groups excluding tert-OH is 2. The van der Waals surface area contributed by atoms with E-state index in [9.17, 15) is 34.2 Å². The number of hydrogen-bond acceptors (Lipinski definition) is 8. The molecule has 1 rings (SSSR count). The maximum absolute atomic E-state index is 12.1. The van der Waals surface area contributed by atoms with Crippen molar-refractivity contribution >= 4 is 29.6 Å². The summed E-state index contributed by atoms with van der Waals surface area (Å²) in [6.45, 7) is -0.173. The molecule has 0 bridgehead atoms. The van der Waals surface area contributed by atoms with Crippen LogP contribution < -0.4 is 26.6 Å². The molecule has 8 N–H and O–H groups in total. The van der Waals surface area contributed by atoms with Crippen molar-refractivity contribution in [2.45, 2.75) is 43.9 Å². The zero-order valence-corrected chi connectivity index (χ0v) is 15.9. The molecule has 29 heavy (non-hydrogen) atoms. The molecule has 13 nitrogen and oxygen atoms in total. The molecule has 0 unspecified atom stereocenters. The fraction of sp³-hybridized carbons (Fsp3) is 0.688. The molecule has 0 radical (unpaired) electrons. The summed E-state index contributed by atoms with van der Waals surface area (Å²) in [5.41, 5.74) is 0. The third-order valence-electron chi connectivity index (χ3n) is 4.18. The highest BCUT2D eigenvalue weighted by atomic mass is 16.4. The first-order valence-corrected chi connectivity index (χ1v) is 9.05. The van der Waals surface area contributed by atoms with Gasteiger partial charge in [0.25, 0.3) is 0 Å². The number of rotatable bonds is 11. The van der Waals surface area contributed by atoms with Crippen molar-refractivity contribution < 1.29 is 39.3 Å². The van der Waals surface area contributed by atoms with Crippen molar-refractivity contribution in [1.82, 2.24) is 26.6 Å². The van der Waals surface area contributed by atoms with Gasteiger partial charge in [-0.2, -0.15) is 0 Å². The second-order valence-corrected chi connectivity index (χ2v) is 6.48. The van der Waals surface area contributed by atoms with Crippen molar-refractivity contribution in [3.05, 3.63) is 0 Å². The van der Waals surface area contributed by atoms with Crippen LogP contribution in [0.25, 0.3) is 0 Å². The van der Waals surface area contributed by atoms with Gasteiger partial charge in [0.05, 0.1) is 25.8 Å². The van der Waals surface area contributed by atoms with Crippen molar-refractivity contribution in [2.24, 2.45) is 0 Å². The average molecular weight is 417 g/mol. The molecule has 1 fully saturated rings. The molecule has 0 aromatic carbocycles. The van der Waals surface area contributed by atoms with Gasteiger partial charge in [-0.1, -0.05) is 0 Å². The Morgan fingerprint density at radius 2 is 1.62 bits per heavy atom. The van der Waals surface area contributed by atoms with E-state index in [1.54, 1.807) is 0 Å². The lowest BCUT2D eigenvalue weighted by molar-refractivity contribution is -0.142. The van der Waals surface area contributed by atoms with E-state index in [-0.39, 0.29) is 0 Å². The minimum atomic E-state index is -1.41. The molecule has 4 amide bonds. The number of carbonyl (C=O) groups excluding carboxylic acids is 4. The molecular weight excluding hydrogens is 390 g/mol. The lowest BCUT2D eigenvalue weighted by atomic mass is 10.2. The first-order valence-electron chi connectivity index (χ1n) is 9.05. The average Bonchev–Trinajstić information content (AvgIpc) is 3.22. The Hall–Kier alpha value is -2.77. The van der Waals surface area contributed by atoms with Crippen LogP contribution in [0.3, 0.4) is 0 Å². The van der Waals surface area contributed by atoms with Crippen molar-refractivity contribution in [3.8, 4) is 0 Å². The van der Waals surface area contributed by atoms with E-state index in [4.69, 9.17) is 5.11 Å². The van der Waals surface area contributed by atoms with E-state index in [1.165, 1.54) is 6.92 Å². The van der Waals surface area contributed by atoms with Gasteiger partial charge in [-0.25, -0.2) is 0 Å². The van der Waals surface area contributed by atoms with Crippen molar-refractivity contribution in [3.63, 3.8) is 0 Å². The quantitative estimate of drug-likeness (QED) is 0.162. The number of carboxylic acid groups (broad SMARTS) is 1. The molecular formula is C16H27N5O8. The van der Waals surface area contributed by atoms with Gasteiger partial charge in [-0.05, 0) is 26.3 Å². The Labute approximate surface area is 166 Å². The number of aliphatic carboxylic acids is 1. The van der Waals surface area contributed by atoms with Crippen LogP contribution >= 0.6 is 0 Å². The molecule has 1 aliphatic heterocycles. The third-order valence-corrected chi connectivity index (χ3v) is 4.18. The fourth-order valence-corrected chi connectivity index (χ4v) is 2.48. The standard InChI is InChI=1S/C16H27N5O8/c1-8(16(28)29)19-15(27)11(7-23)20-12(24)5-18-13(25)10(6-22)21-14(26)9-3-2-4-17-9/h8-11,17,22-23H,2-7H2,1H3,(H,18,25)(H,19,27)(H,20,24)(H,21,26)(H,28,29)/t8-,9+,10+,11+/m0/s1. The lowest BCUT2D eigenvalue weighted by Crippen LogP contribution is -2.56. The Balaban J connectivity index is 2.47. The highest BCUT2D eigenvalue weighted by Gasteiger charge is 2.28. The van der Waals surface area contributed by atoms with Gasteiger partial charge in [0.2, 0.25) is 23.6 Å². The predicted molar refractivity (Wildman–Crippen MR) is 97.3 cm³/mol. The van der Waals surface area contributed by atoms with E-state index >= 15 is 0 Å². The first-order chi connectivity index (χ1) is 13.7. The van der Waals surface area contributed by atoms with Gasteiger partial charge in [0, 0.05) is 0 Å². The second-order valence-electron chi connectivity index (χ2n) is 6.48.